The van der Waals surface area contributed by atoms with E-state index < -0.39 is 5.60 Å². The maximum Gasteiger partial charge on any atom is 0.348 e. The van der Waals surface area contributed by atoms with Gasteiger partial charge in [0.2, 0.25) is 0 Å². The molecule has 1 aromatic heterocycles. The zero-order valence-corrected chi connectivity index (χ0v) is 10.2. The summed E-state index contributed by atoms with van der Waals surface area (Å²) in [4.78, 5) is 13.4. The lowest BCUT2D eigenvalue weighted by Gasteiger charge is -2.18. The van der Waals surface area contributed by atoms with Crippen molar-refractivity contribution in [3.05, 3.63) is 21.9 Å². The molecule has 0 saturated carbocycles. The second-order valence-electron chi connectivity index (χ2n) is 4.31. The molecule has 84 valence electrons. The maximum atomic E-state index is 11.6. The number of carbonyl (C=O) groups excluding carboxylic acids is 1. The number of hydrogen-bond acceptors (Lipinski definition) is 4. The molecule has 0 aliphatic carbocycles. The zero-order valence-electron chi connectivity index (χ0n) is 9.37. The van der Waals surface area contributed by atoms with Crippen molar-refractivity contribution in [2.45, 2.75) is 32.8 Å². The molecule has 2 N–H and O–H groups in total. The summed E-state index contributed by atoms with van der Waals surface area (Å²) in [5.74, 6) is -0.254. The van der Waals surface area contributed by atoms with Crippen LogP contribution in [0.5, 0.6) is 0 Å². The van der Waals surface area contributed by atoms with Crippen LogP contribution in [0, 0.1) is 0 Å². The van der Waals surface area contributed by atoms with Gasteiger partial charge in [0, 0.05) is 4.88 Å². The number of nitrogens with two attached hydrogens (primary N) is 1. The van der Waals surface area contributed by atoms with Gasteiger partial charge < -0.3 is 10.5 Å². The van der Waals surface area contributed by atoms with E-state index >= 15 is 0 Å². The Bertz CT molecular complexity index is 339. The fourth-order valence-corrected chi connectivity index (χ4v) is 1.99. The van der Waals surface area contributed by atoms with E-state index in [0.717, 1.165) is 11.3 Å². The van der Waals surface area contributed by atoms with Crippen LogP contribution in [0.15, 0.2) is 12.1 Å². The Morgan fingerprint density at radius 1 is 1.47 bits per heavy atom. The number of esters is 1. The minimum Gasteiger partial charge on any atom is -0.456 e. The van der Waals surface area contributed by atoms with Gasteiger partial charge >= 0.3 is 5.97 Å². The van der Waals surface area contributed by atoms with Gasteiger partial charge in [-0.25, -0.2) is 4.79 Å². The third kappa shape index (κ3) is 4.01. The van der Waals surface area contributed by atoms with Gasteiger partial charge in [-0.15, -0.1) is 11.3 Å². The van der Waals surface area contributed by atoms with Crippen molar-refractivity contribution in [2.24, 2.45) is 5.73 Å². The van der Waals surface area contributed by atoms with E-state index in [9.17, 15) is 4.79 Å². The molecule has 0 spiro atoms. The molecule has 0 atom stereocenters. The third-order valence-corrected chi connectivity index (χ3v) is 2.78. The molecule has 0 radical (unpaired) electrons. The Morgan fingerprint density at radius 3 is 2.67 bits per heavy atom. The molecule has 0 unspecified atom stereocenters. The lowest BCUT2D eigenvalue weighted by Crippen LogP contribution is -2.23. The van der Waals surface area contributed by atoms with Crippen LogP contribution < -0.4 is 5.73 Å². The van der Waals surface area contributed by atoms with Crippen LogP contribution in [0.1, 0.15) is 35.3 Å². The fourth-order valence-electron chi connectivity index (χ4n) is 1.09. The number of thiophene rings is 1. The summed E-state index contributed by atoms with van der Waals surface area (Å²) < 4.78 is 5.26. The van der Waals surface area contributed by atoms with Crippen LogP contribution >= 0.6 is 11.3 Å². The summed E-state index contributed by atoms with van der Waals surface area (Å²) in [5.41, 5.74) is 5.00. The van der Waals surface area contributed by atoms with Crippen molar-refractivity contribution < 1.29 is 9.53 Å². The number of hydrogen-bond donors (Lipinski definition) is 1. The van der Waals surface area contributed by atoms with Gasteiger partial charge in [0.15, 0.2) is 0 Å². The van der Waals surface area contributed by atoms with Crippen LogP contribution in [0.2, 0.25) is 0 Å². The van der Waals surface area contributed by atoms with E-state index in [0.29, 0.717) is 11.4 Å². The van der Waals surface area contributed by atoms with Gasteiger partial charge in [0.05, 0.1) is 0 Å². The SMILES string of the molecule is CC(C)(C)OC(=O)c1ccc(CCN)s1. The normalized spacial score (nSPS) is 11.5. The molecule has 0 saturated heterocycles. The molecular formula is C11H17NO2S. The highest BCUT2D eigenvalue weighted by molar-refractivity contribution is 7.13. The topological polar surface area (TPSA) is 52.3 Å². The summed E-state index contributed by atoms with van der Waals surface area (Å²) in [7, 11) is 0. The zero-order chi connectivity index (χ0) is 11.5. The minimum absolute atomic E-state index is 0.254. The van der Waals surface area contributed by atoms with Gasteiger partial charge in [0.1, 0.15) is 10.5 Å². The van der Waals surface area contributed by atoms with Crippen molar-refractivity contribution in [3.8, 4) is 0 Å². The Kier molecular flexibility index (Phi) is 3.88. The van der Waals surface area contributed by atoms with Crippen LogP contribution in [0.3, 0.4) is 0 Å². The molecule has 1 aromatic rings. The van der Waals surface area contributed by atoms with Crippen molar-refractivity contribution in [1.29, 1.82) is 0 Å². The van der Waals surface area contributed by atoms with E-state index in [4.69, 9.17) is 10.5 Å². The molecular weight excluding hydrogens is 210 g/mol. The lowest BCUT2D eigenvalue weighted by molar-refractivity contribution is 0.00752. The van der Waals surface area contributed by atoms with Crippen molar-refractivity contribution in [1.82, 2.24) is 0 Å². The van der Waals surface area contributed by atoms with Gasteiger partial charge in [-0.1, -0.05) is 0 Å². The van der Waals surface area contributed by atoms with Gasteiger partial charge in [-0.05, 0) is 45.9 Å². The van der Waals surface area contributed by atoms with Crippen molar-refractivity contribution in [2.75, 3.05) is 6.54 Å². The van der Waals surface area contributed by atoms with E-state index in [-0.39, 0.29) is 5.97 Å². The number of carbonyl (C=O) groups is 1. The predicted molar refractivity (Wildman–Crippen MR) is 62.2 cm³/mol. The second-order valence-corrected chi connectivity index (χ2v) is 5.47. The summed E-state index contributed by atoms with van der Waals surface area (Å²) in [6.45, 7) is 6.19. The highest BCUT2D eigenvalue weighted by atomic mass is 32.1. The maximum absolute atomic E-state index is 11.6. The molecule has 3 nitrogen and oxygen atoms in total. The molecule has 4 heteroatoms. The Hall–Kier alpha value is -0.870. The Labute approximate surface area is 94.2 Å². The van der Waals surface area contributed by atoms with Crippen molar-refractivity contribution in [3.63, 3.8) is 0 Å². The average molecular weight is 227 g/mol. The van der Waals surface area contributed by atoms with E-state index in [1.165, 1.54) is 11.3 Å². The Balaban J connectivity index is 2.66. The molecule has 15 heavy (non-hydrogen) atoms. The second kappa shape index (κ2) is 4.77. The summed E-state index contributed by atoms with van der Waals surface area (Å²) in [6, 6.07) is 3.72. The first-order valence-corrected chi connectivity index (χ1v) is 5.76. The monoisotopic (exact) mass is 227 g/mol. The smallest absolute Gasteiger partial charge is 0.348 e. The van der Waals surface area contributed by atoms with E-state index in [1.54, 1.807) is 6.07 Å². The summed E-state index contributed by atoms with van der Waals surface area (Å²) >= 11 is 1.45. The van der Waals surface area contributed by atoms with Gasteiger partial charge in [0.25, 0.3) is 0 Å². The first-order chi connectivity index (χ1) is 6.92. The minimum atomic E-state index is -0.435. The fraction of sp³-hybridized carbons (Fsp3) is 0.545. The first kappa shape index (κ1) is 12.2. The quantitative estimate of drug-likeness (QED) is 0.805. The van der Waals surface area contributed by atoms with E-state index in [2.05, 4.69) is 0 Å². The molecule has 0 fully saturated rings. The van der Waals surface area contributed by atoms with Crippen LogP contribution in [0.4, 0.5) is 0 Å². The number of rotatable bonds is 3. The molecule has 0 aromatic carbocycles. The largest absolute Gasteiger partial charge is 0.456 e. The van der Waals surface area contributed by atoms with Crippen LogP contribution in [-0.4, -0.2) is 18.1 Å². The first-order valence-electron chi connectivity index (χ1n) is 4.94. The third-order valence-electron chi connectivity index (χ3n) is 1.65. The lowest BCUT2D eigenvalue weighted by atomic mass is 10.2. The summed E-state index contributed by atoms with van der Waals surface area (Å²) in [6.07, 6.45) is 0.813. The molecule has 0 aliphatic rings. The van der Waals surface area contributed by atoms with Crippen LogP contribution in [0.25, 0.3) is 0 Å². The average Bonchev–Trinajstić information content (AvgIpc) is 2.50. The van der Waals surface area contributed by atoms with Crippen LogP contribution in [-0.2, 0) is 11.2 Å². The van der Waals surface area contributed by atoms with E-state index in [1.807, 2.05) is 26.8 Å². The summed E-state index contributed by atoms with van der Waals surface area (Å²) in [5, 5.41) is 0. The molecule has 0 amide bonds. The van der Waals surface area contributed by atoms with Gasteiger partial charge in [-0.2, -0.15) is 0 Å². The molecule has 0 bridgehead atoms. The Morgan fingerprint density at radius 2 is 2.13 bits per heavy atom. The molecule has 0 aliphatic heterocycles. The highest BCUT2D eigenvalue weighted by Gasteiger charge is 2.18. The van der Waals surface area contributed by atoms with Gasteiger partial charge in [-0.3, -0.25) is 0 Å². The predicted octanol–water partition coefficient (Wildman–Crippen LogP) is 2.20. The number of ether oxygens (including phenoxy) is 1. The molecule has 1 heterocycles. The molecule has 1 rings (SSSR count). The highest BCUT2D eigenvalue weighted by Crippen LogP contribution is 2.20. The van der Waals surface area contributed by atoms with Crippen molar-refractivity contribution >= 4 is 17.3 Å². The standard InChI is InChI=1S/C11H17NO2S/c1-11(2,3)14-10(13)9-5-4-8(15-9)6-7-12/h4-5H,6-7,12H2,1-3H3.